The molecule has 0 saturated heterocycles. The maximum atomic E-state index is 13.0. The lowest BCUT2D eigenvalue weighted by Gasteiger charge is -2.08. The van der Waals surface area contributed by atoms with Crippen LogP contribution in [0.3, 0.4) is 0 Å². The van der Waals surface area contributed by atoms with Gasteiger partial charge in [0.05, 0.1) is 11.4 Å². The number of thiol groups is 1. The van der Waals surface area contributed by atoms with Crippen molar-refractivity contribution in [1.29, 1.82) is 0 Å². The molecule has 0 N–H and O–H groups in total. The van der Waals surface area contributed by atoms with E-state index in [1.807, 2.05) is 0 Å². The Balaban J connectivity index is 2.15. The number of hydrogen-bond acceptors (Lipinski definition) is 2. The Kier molecular flexibility index (Phi) is 4.18. The first-order valence-electron chi connectivity index (χ1n) is 6.48. The Morgan fingerprint density at radius 2 is 1.64 bits per heavy atom. The second kappa shape index (κ2) is 6.10. The summed E-state index contributed by atoms with van der Waals surface area (Å²) in [5, 5.41) is 4.60. The van der Waals surface area contributed by atoms with Gasteiger partial charge in [0.25, 0.3) is 6.43 Å². The average Bonchev–Trinajstić information content (AvgIpc) is 2.94. The number of nitrogens with zero attached hydrogens (tertiary/aromatic N) is 2. The van der Waals surface area contributed by atoms with E-state index in [1.54, 1.807) is 48.5 Å². The summed E-state index contributed by atoms with van der Waals surface area (Å²) in [6.45, 7) is 0. The molecule has 0 aliphatic heterocycles. The van der Waals surface area contributed by atoms with E-state index in [4.69, 9.17) is 11.6 Å². The molecule has 112 valence electrons. The Morgan fingerprint density at radius 1 is 1.00 bits per heavy atom. The van der Waals surface area contributed by atoms with Gasteiger partial charge in [-0.1, -0.05) is 23.7 Å². The molecule has 1 heterocycles. The summed E-state index contributed by atoms with van der Waals surface area (Å²) in [6.07, 6.45) is -2.63. The summed E-state index contributed by atoms with van der Waals surface area (Å²) in [6, 6.07) is 15.5. The second-order valence-corrected chi connectivity index (χ2v) is 5.64. The molecule has 0 spiro atoms. The first-order chi connectivity index (χ1) is 10.5. The molecular formula is C16H11ClF2N2S. The minimum atomic E-state index is -2.63. The van der Waals surface area contributed by atoms with Crippen LogP contribution in [0.1, 0.15) is 12.1 Å². The zero-order valence-corrected chi connectivity index (χ0v) is 12.9. The second-order valence-electron chi connectivity index (χ2n) is 4.69. The molecule has 3 rings (SSSR count). The lowest BCUT2D eigenvalue weighted by atomic mass is 10.1. The smallest absolute Gasteiger partial charge is 0.233 e. The molecule has 0 radical (unpaired) electrons. The fourth-order valence-corrected chi connectivity index (χ4v) is 2.40. The quantitative estimate of drug-likeness (QED) is 0.632. The highest BCUT2D eigenvalue weighted by Crippen LogP contribution is 2.29. The molecule has 0 saturated carbocycles. The highest BCUT2D eigenvalue weighted by atomic mass is 35.5. The number of benzene rings is 2. The Bertz CT molecular complexity index is 720. The lowest BCUT2D eigenvalue weighted by molar-refractivity contribution is 0.145. The van der Waals surface area contributed by atoms with Crippen molar-refractivity contribution in [3.05, 3.63) is 65.3 Å². The fraction of sp³-hybridized carbons (Fsp3) is 0.0625. The molecule has 0 aliphatic carbocycles. The number of aromatic nitrogens is 2. The van der Waals surface area contributed by atoms with E-state index in [2.05, 4.69) is 17.7 Å². The van der Waals surface area contributed by atoms with Crippen molar-refractivity contribution in [2.75, 3.05) is 0 Å². The maximum Gasteiger partial charge on any atom is 0.282 e. The molecule has 0 bridgehead atoms. The monoisotopic (exact) mass is 336 g/mol. The number of alkyl halides is 2. The van der Waals surface area contributed by atoms with Gasteiger partial charge >= 0.3 is 0 Å². The SMILES string of the molecule is FC(F)c1cc(-c2ccc(Cl)cc2)n(-c2ccc(S)cc2)n1. The highest BCUT2D eigenvalue weighted by molar-refractivity contribution is 7.80. The average molecular weight is 337 g/mol. The summed E-state index contributed by atoms with van der Waals surface area (Å²) >= 11 is 10.1. The van der Waals surface area contributed by atoms with Crippen molar-refractivity contribution >= 4 is 24.2 Å². The van der Waals surface area contributed by atoms with E-state index in [0.717, 1.165) is 10.5 Å². The van der Waals surface area contributed by atoms with Gasteiger partial charge in [0.15, 0.2) is 0 Å². The largest absolute Gasteiger partial charge is 0.282 e. The van der Waals surface area contributed by atoms with Gasteiger partial charge in [-0.25, -0.2) is 13.5 Å². The fourth-order valence-electron chi connectivity index (χ4n) is 2.12. The van der Waals surface area contributed by atoms with Crippen LogP contribution in [-0.4, -0.2) is 9.78 Å². The van der Waals surface area contributed by atoms with Gasteiger partial charge < -0.3 is 0 Å². The van der Waals surface area contributed by atoms with Crippen molar-refractivity contribution in [2.45, 2.75) is 11.3 Å². The standard InChI is InChI=1S/C16H11ClF2N2S/c17-11-3-1-10(2-4-11)15-9-14(16(18)19)20-21(15)12-5-7-13(22)8-6-12/h1-9,16,22H. The van der Waals surface area contributed by atoms with Crippen LogP contribution in [0.25, 0.3) is 16.9 Å². The summed E-state index contributed by atoms with van der Waals surface area (Å²) in [7, 11) is 0. The molecule has 2 aromatic carbocycles. The number of hydrogen-bond donors (Lipinski definition) is 1. The van der Waals surface area contributed by atoms with E-state index in [-0.39, 0.29) is 5.69 Å². The zero-order valence-electron chi connectivity index (χ0n) is 11.2. The van der Waals surface area contributed by atoms with Crippen LogP contribution in [0.2, 0.25) is 5.02 Å². The van der Waals surface area contributed by atoms with Crippen molar-refractivity contribution in [3.8, 4) is 16.9 Å². The molecule has 22 heavy (non-hydrogen) atoms. The van der Waals surface area contributed by atoms with Gasteiger partial charge in [0.2, 0.25) is 0 Å². The van der Waals surface area contributed by atoms with E-state index in [0.29, 0.717) is 16.4 Å². The third kappa shape index (κ3) is 3.00. The van der Waals surface area contributed by atoms with Crippen molar-refractivity contribution in [1.82, 2.24) is 9.78 Å². The van der Waals surface area contributed by atoms with Crippen LogP contribution < -0.4 is 0 Å². The number of rotatable bonds is 3. The Labute approximate surface area is 136 Å². The number of halogens is 3. The van der Waals surface area contributed by atoms with Crippen LogP contribution in [0.4, 0.5) is 8.78 Å². The van der Waals surface area contributed by atoms with Crippen LogP contribution >= 0.6 is 24.2 Å². The summed E-state index contributed by atoms with van der Waals surface area (Å²) < 4.78 is 27.5. The minimum absolute atomic E-state index is 0.264. The molecule has 0 atom stereocenters. The molecule has 0 fully saturated rings. The van der Waals surface area contributed by atoms with Gasteiger partial charge in [0, 0.05) is 15.5 Å². The van der Waals surface area contributed by atoms with Gasteiger partial charge in [0.1, 0.15) is 5.69 Å². The lowest BCUT2D eigenvalue weighted by Crippen LogP contribution is -1.99. The van der Waals surface area contributed by atoms with Gasteiger partial charge in [-0.2, -0.15) is 5.10 Å². The predicted molar refractivity (Wildman–Crippen MR) is 86.2 cm³/mol. The minimum Gasteiger partial charge on any atom is -0.233 e. The van der Waals surface area contributed by atoms with Crippen LogP contribution in [0.5, 0.6) is 0 Å². The molecular weight excluding hydrogens is 326 g/mol. The van der Waals surface area contributed by atoms with Crippen LogP contribution in [0.15, 0.2) is 59.5 Å². The first-order valence-corrected chi connectivity index (χ1v) is 7.30. The van der Waals surface area contributed by atoms with Crippen LogP contribution in [-0.2, 0) is 0 Å². The van der Waals surface area contributed by atoms with E-state index >= 15 is 0 Å². The normalized spacial score (nSPS) is 11.1. The molecule has 0 amide bonds. The summed E-state index contributed by atoms with van der Waals surface area (Å²) in [4.78, 5) is 0.790. The Hall–Kier alpha value is -1.85. The van der Waals surface area contributed by atoms with Gasteiger partial charge in [-0.3, -0.25) is 0 Å². The first kappa shape index (κ1) is 15.1. The molecule has 2 nitrogen and oxygen atoms in total. The molecule has 0 aliphatic rings. The Morgan fingerprint density at radius 3 is 2.23 bits per heavy atom. The van der Waals surface area contributed by atoms with Gasteiger partial charge in [-0.15, -0.1) is 12.6 Å². The topological polar surface area (TPSA) is 17.8 Å². The summed E-state index contributed by atoms with van der Waals surface area (Å²) in [5.74, 6) is 0. The van der Waals surface area contributed by atoms with E-state index in [1.165, 1.54) is 10.7 Å². The maximum absolute atomic E-state index is 13.0. The molecule has 1 aromatic heterocycles. The van der Waals surface area contributed by atoms with E-state index in [9.17, 15) is 8.78 Å². The molecule has 0 unspecified atom stereocenters. The summed E-state index contributed by atoms with van der Waals surface area (Å²) in [5.41, 5.74) is 1.77. The van der Waals surface area contributed by atoms with Crippen LogP contribution in [0, 0.1) is 0 Å². The third-order valence-corrected chi connectivity index (χ3v) is 3.74. The van der Waals surface area contributed by atoms with E-state index < -0.39 is 6.43 Å². The predicted octanol–water partition coefficient (Wildman–Crippen LogP) is 5.42. The zero-order chi connectivity index (χ0) is 15.7. The molecule has 6 heteroatoms. The van der Waals surface area contributed by atoms with Crippen molar-refractivity contribution in [3.63, 3.8) is 0 Å². The van der Waals surface area contributed by atoms with Crippen molar-refractivity contribution < 1.29 is 8.78 Å². The molecule has 3 aromatic rings. The van der Waals surface area contributed by atoms with Crippen molar-refractivity contribution in [2.24, 2.45) is 0 Å². The third-order valence-electron chi connectivity index (χ3n) is 3.19. The highest BCUT2D eigenvalue weighted by Gasteiger charge is 2.17. The van der Waals surface area contributed by atoms with Gasteiger partial charge in [-0.05, 0) is 42.5 Å².